The number of rotatable bonds is 0. The van der Waals surface area contributed by atoms with Gasteiger partial charge in [-0.3, -0.25) is 8.37 Å². The molecule has 0 aliphatic carbocycles. The Kier molecular flexibility index (Phi) is 3.33. The Balaban J connectivity index is 3.05. The van der Waals surface area contributed by atoms with Crippen molar-refractivity contribution in [2.45, 2.75) is 9.91 Å². The Hall–Kier alpha value is 0.300. The predicted octanol–water partition coefficient (Wildman–Crippen LogP) is -0.239. The van der Waals surface area contributed by atoms with Gasteiger partial charge in [0.05, 0.1) is 13.2 Å². The summed E-state index contributed by atoms with van der Waals surface area (Å²) in [5.74, 6) is 0. The molecular weight excluding hydrogens is 288 g/mol. The minimum Gasteiger partial charge on any atom is -0.268 e. The molecule has 1 heterocycles. The van der Waals surface area contributed by atoms with Gasteiger partial charge in [-0.1, -0.05) is 0 Å². The molecule has 78 valence electrons. The van der Waals surface area contributed by atoms with Crippen LogP contribution in [0.1, 0.15) is 6.42 Å². The van der Waals surface area contributed by atoms with Crippen LogP contribution in [0.4, 0.5) is 0 Å². The van der Waals surface area contributed by atoms with E-state index in [1.54, 1.807) is 0 Å². The zero-order valence-electron chi connectivity index (χ0n) is 6.34. The van der Waals surface area contributed by atoms with Crippen molar-refractivity contribution in [1.29, 1.82) is 0 Å². The highest BCUT2D eigenvalue weighted by Crippen LogP contribution is 2.22. The van der Waals surface area contributed by atoms with Crippen LogP contribution in [0.5, 0.6) is 0 Å². The molecule has 9 heteroatoms. The van der Waals surface area contributed by atoms with E-state index in [2.05, 4.69) is 24.3 Å². The first-order valence-corrected chi connectivity index (χ1v) is 7.13. The lowest BCUT2D eigenvalue weighted by Crippen LogP contribution is -2.31. The van der Waals surface area contributed by atoms with Crippen molar-refractivity contribution in [3.8, 4) is 0 Å². The fourth-order valence-corrected chi connectivity index (χ4v) is 3.71. The highest BCUT2D eigenvalue weighted by atomic mass is 79.9. The van der Waals surface area contributed by atoms with Crippen molar-refractivity contribution in [3.05, 3.63) is 0 Å². The molecule has 0 spiro atoms. The van der Waals surface area contributed by atoms with Gasteiger partial charge in [-0.05, 0) is 22.4 Å². The molecule has 0 radical (unpaired) electrons. The molecule has 1 aliphatic rings. The lowest BCUT2D eigenvalue weighted by molar-refractivity contribution is 0.245. The summed E-state index contributed by atoms with van der Waals surface area (Å²) in [5, 5.41) is 0. The number of hydrogen-bond donors (Lipinski definition) is 0. The summed E-state index contributed by atoms with van der Waals surface area (Å²) < 4.78 is 51.1. The Morgan fingerprint density at radius 2 is 1.38 bits per heavy atom. The van der Waals surface area contributed by atoms with E-state index in [0.717, 1.165) is 0 Å². The van der Waals surface area contributed by atoms with Crippen LogP contribution in [0, 0.1) is 0 Å². The van der Waals surface area contributed by atoms with Gasteiger partial charge in [-0.2, -0.15) is 16.8 Å². The summed E-state index contributed by atoms with van der Waals surface area (Å²) in [6.45, 7) is -0.139. The van der Waals surface area contributed by atoms with Crippen LogP contribution in [0.15, 0.2) is 0 Å². The molecule has 0 atom stereocenters. The molecule has 0 bridgehead atoms. The highest BCUT2D eigenvalue weighted by Gasteiger charge is 2.38. The van der Waals surface area contributed by atoms with Crippen molar-refractivity contribution >= 4 is 36.2 Å². The smallest absolute Gasteiger partial charge is 0.268 e. The van der Waals surface area contributed by atoms with Crippen LogP contribution in [-0.4, -0.2) is 33.5 Å². The zero-order valence-corrected chi connectivity index (χ0v) is 9.56. The average Bonchev–Trinajstić information content (AvgIpc) is 2.01. The van der Waals surface area contributed by atoms with Gasteiger partial charge in [-0.25, -0.2) is 0 Å². The molecular formula is C4H7BrO6S2. The van der Waals surface area contributed by atoms with Gasteiger partial charge in [0.25, 0.3) is 23.7 Å². The molecule has 0 aromatic carbocycles. The maximum atomic E-state index is 11.0. The van der Waals surface area contributed by atoms with Gasteiger partial charge in [0.1, 0.15) is 0 Å². The second kappa shape index (κ2) is 3.81. The first kappa shape index (κ1) is 11.4. The molecule has 0 amide bonds. The summed E-state index contributed by atoms with van der Waals surface area (Å²) in [4.78, 5) is 0. The van der Waals surface area contributed by atoms with E-state index in [1.807, 2.05) is 0 Å². The van der Waals surface area contributed by atoms with Crippen molar-refractivity contribution in [3.63, 3.8) is 0 Å². The largest absolute Gasteiger partial charge is 0.297 e. The minimum atomic E-state index is -4.13. The quantitative estimate of drug-likeness (QED) is 0.453. The summed E-state index contributed by atoms with van der Waals surface area (Å²) in [6.07, 6.45) is 0.220. The first-order chi connectivity index (χ1) is 5.86. The third kappa shape index (κ3) is 2.62. The van der Waals surface area contributed by atoms with Crippen molar-refractivity contribution in [1.82, 2.24) is 0 Å². The van der Waals surface area contributed by atoms with Crippen LogP contribution < -0.4 is 0 Å². The Morgan fingerprint density at radius 1 is 1.00 bits per heavy atom. The molecule has 13 heavy (non-hydrogen) atoms. The SMILES string of the molecule is O=S1(=O)OCCCOS(=O)(=O)C1Br. The lowest BCUT2D eigenvalue weighted by atomic mass is 10.5. The summed E-state index contributed by atoms with van der Waals surface area (Å²) in [5.41, 5.74) is 0. The maximum absolute atomic E-state index is 11.0. The Morgan fingerprint density at radius 3 is 1.77 bits per heavy atom. The van der Waals surface area contributed by atoms with E-state index in [9.17, 15) is 16.8 Å². The van der Waals surface area contributed by atoms with Gasteiger partial charge >= 0.3 is 0 Å². The topological polar surface area (TPSA) is 86.7 Å². The Labute approximate surface area is 84.6 Å². The third-order valence-electron chi connectivity index (χ3n) is 1.24. The Bertz CT molecular complexity index is 333. The standard InChI is InChI=1S/C4H7BrO6S2/c5-4-12(6,7)10-2-1-3-11-13(4,8)9/h4H,1-3H2. The number of halogens is 1. The van der Waals surface area contributed by atoms with E-state index in [0.29, 0.717) is 0 Å². The molecule has 0 aromatic heterocycles. The second-order valence-corrected chi connectivity index (χ2v) is 8.07. The van der Waals surface area contributed by atoms with Crippen LogP contribution in [-0.2, 0) is 28.6 Å². The van der Waals surface area contributed by atoms with E-state index in [4.69, 9.17) is 0 Å². The first-order valence-electron chi connectivity index (χ1n) is 3.27. The van der Waals surface area contributed by atoms with E-state index < -0.39 is 23.7 Å². The molecule has 0 aromatic rings. The van der Waals surface area contributed by atoms with Crippen molar-refractivity contribution in [2.75, 3.05) is 13.2 Å². The summed E-state index contributed by atoms with van der Waals surface area (Å²) in [7, 11) is -8.25. The van der Waals surface area contributed by atoms with Crippen LogP contribution in [0.2, 0.25) is 0 Å². The lowest BCUT2D eigenvalue weighted by Gasteiger charge is -2.15. The normalized spacial score (nSPS) is 29.0. The van der Waals surface area contributed by atoms with Crippen LogP contribution >= 0.6 is 15.9 Å². The van der Waals surface area contributed by atoms with Crippen molar-refractivity contribution < 1.29 is 25.2 Å². The van der Waals surface area contributed by atoms with Crippen LogP contribution in [0.3, 0.4) is 0 Å². The molecule has 1 fully saturated rings. The van der Waals surface area contributed by atoms with E-state index in [1.165, 1.54) is 0 Å². The number of alkyl halides is 1. The fraction of sp³-hybridized carbons (Fsp3) is 1.00. The van der Waals surface area contributed by atoms with Crippen molar-refractivity contribution in [2.24, 2.45) is 0 Å². The molecule has 6 nitrogen and oxygen atoms in total. The third-order valence-corrected chi connectivity index (χ3v) is 7.30. The molecule has 0 unspecified atom stereocenters. The molecule has 1 saturated heterocycles. The molecule has 0 N–H and O–H groups in total. The van der Waals surface area contributed by atoms with E-state index >= 15 is 0 Å². The average molecular weight is 295 g/mol. The monoisotopic (exact) mass is 294 g/mol. The maximum Gasteiger partial charge on any atom is 0.297 e. The van der Waals surface area contributed by atoms with Gasteiger partial charge in [0, 0.05) is 0 Å². The molecule has 1 rings (SSSR count). The zero-order chi connectivity index (χ0) is 10.1. The van der Waals surface area contributed by atoms with Gasteiger partial charge in [0.2, 0.25) is 0 Å². The van der Waals surface area contributed by atoms with Gasteiger partial charge in [-0.15, -0.1) is 0 Å². The summed E-state index contributed by atoms with van der Waals surface area (Å²) in [6, 6.07) is 0. The highest BCUT2D eigenvalue weighted by molar-refractivity contribution is 9.12. The predicted molar refractivity (Wildman–Crippen MR) is 47.1 cm³/mol. The summed E-state index contributed by atoms with van der Waals surface area (Å²) >= 11 is 2.49. The van der Waals surface area contributed by atoms with E-state index in [-0.39, 0.29) is 19.6 Å². The van der Waals surface area contributed by atoms with Crippen LogP contribution in [0.25, 0.3) is 0 Å². The molecule has 0 saturated carbocycles. The van der Waals surface area contributed by atoms with Gasteiger partial charge in [0.15, 0.2) is 0 Å². The fourth-order valence-electron chi connectivity index (χ4n) is 0.660. The molecule has 1 aliphatic heterocycles. The van der Waals surface area contributed by atoms with Gasteiger partial charge < -0.3 is 0 Å². The second-order valence-electron chi connectivity index (χ2n) is 2.26. The minimum absolute atomic E-state index is 0.0695. The number of hydrogen-bond acceptors (Lipinski definition) is 6.